The van der Waals surface area contributed by atoms with E-state index in [1.54, 1.807) is 11.0 Å². The number of nitrogens with zero attached hydrogens (tertiary/aromatic N) is 1. The number of rotatable bonds is 4. The molecule has 1 saturated heterocycles. The lowest BCUT2D eigenvalue weighted by Gasteiger charge is -2.44. The summed E-state index contributed by atoms with van der Waals surface area (Å²) in [5.41, 5.74) is 0.900. The molecule has 2 atom stereocenters. The molecule has 5 nitrogen and oxygen atoms in total. The van der Waals surface area contributed by atoms with E-state index in [0.717, 1.165) is 48.6 Å². The van der Waals surface area contributed by atoms with Crippen LogP contribution in [0.5, 0.6) is 0 Å². The molecule has 0 radical (unpaired) electrons. The molecule has 1 aromatic carbocycles. The standard InChI is InChI=1S/C23H29BrN2O3/c24-18-11-5-4-8-16(18)14-21-23(28)26(19-12-6-7-13-20(19)29-21)15-22(27)25-17-9-2-1-3-10-17/h4-5,8,11,14,17,19-20H,1-3,6-7,9-10,12-13,15H2,(H,25,27)/b21-14+. The molecule has 1 aliphatic heterocycles. The summed E-state index contributed by atoms with van der Waals surface area (Å²) >= 11 is 3.53. The number of amides is 2. The Morgan fingerprint density at radius 2 is 1.83 bits per heavy atom. The smallest absolute Gasteiger partial charge is 0.289 e. The van der Waals surface area contributed by atoms with Crippen LogP contribution in [0, 0.1) is 0 Å². The van der Waals surface area contributed by atoms with Gasteiger partial charge in [-0.1, -0.05) is 59.8 Å². The van der Waals surface area contributed by atoms with E-state index >= 15 is 0 Å². The number of nitrogens with one attached hydrogen (secondary N) is 1. The van der Waals surface area contributed by atoms with Crippen molar-refractivity contribution in [1.82, 2.24) is 10.2 Å². The van der Waals surface area contributed by atoms with Gasteiger partial charge in [-0.2, -0.15) is 0 Å². The van der Waals surface area contributed by atoms with Gasteiger partial charge in [0.15, 0.2) is 5.76 Å². The Hall–Kier alpha value is -1.82. The predicted octanol–water partition coefficient (Wildman–Crippen LogP) is 4.41. The minimum absolute atomic E-state index is 0.00952. The monoisotopic (exact) mass is 460 g/mol. The van der Waals surface area contributed by atoms with Crippen molar-refractivity contribution in [3.8, 4) is 0 Å². The number of halogens is 1. The van der Waals surface area contributed by atoms with E-state index < -0.39 is 0 Å². The molecular formula is C23H29BrN2O3. The molecule has 2 unspecified atom stereocenters. The van der Waals surface area contributed by atoms with Crippen molar-refractivity contribution in [3.63, 3.8) is 0 Å². The molecule has 2 amide bonds. The number of ether oxygens (including phenoxy) is 1. The van der Waals surface area contributed by atoms with Crippen molar-refractivity contribution in [2.24, 2.45) is 0 Å². The molecule has 156 valence electrons. The van der Waals surface area contributed by atoms with Gasteiger partial charge in [-0.3, -0.25) is 9.59 Å². The molecule has 2 aliphatic carbocycles. The second-order valence-electron chi connectivity index (χ2n) is 8.37. The molecule has 4 rings (SSSR count). The molecule has 3 aliphatic rings. The molecule has 0 bridgehead atoms. The quantitative estimate of drug-likeness (QED) is 0.676. The largest absolute Gasteiger partial charge is 0.482 e. The molecular weight excluding hydrogens is 432 g/mol. The van der Waals surface area contributed by atoms with Crippen LogP contribution in [0.15, 0.2) is 34.5 Å². The van der Waals surface area contributed by atoms with Gasteiger partial charge in [-0.15, -0.1) is 0 Å². The SMILES string of the molecule is O=C(CN1C(=O)/C(=C\c2ccccc2Br)OC2CCCCC21)NC1CCCCC1. The molecule has 0 aromatic heterocycles. The van der Waals surface area contributed by atoms with Crippen molar-refractivity contribution >= 4 is 33.8 Å². The number of hydrogen-bond donors (Lipinski definition) is 1. The molecule has 0 spiro atoms. The zero-order valence-electron chi connectivity index (χ0n) is 16.7. The third-order valence-electron chi connectivity index (χ3n) is 6.29. The van der Waals surface area contributed by atoms with Crippen molar-refractivity contribution in [2.75, 3.05) is 6.54 Å². The summed E-state index contributed by atoms with van der Waals surface area (Å²) in [6, 6.07) is 8.01. The molecule has 1 N–H and O–H groups in total. The van der Waals surface area contributed by atoms with Crippen LogP contribution in [0.1, 0.15) is 63.4 Å². The van der Waals surface area contributed by atoms with Crippen LogP contribution in [-0.4, -0.2) is 41.4 Å². The fourth-order valence-electron chi connectivity index (χ4n) is 4.77. The number of hydrogen-bond acceptors (Lipinski definition) is 3. The highest BCUT2D eigenvalue weighted by Gasteiger charge is 2.42. The summed E-state index contributed by atoms with van der Waals surface area (Å²) in [4.78, 5) is 27.8. The van der Waals surface area contributed by atoms with Crippen molar-refractivity contribution < 1.29 is 14.3 Å². The van der Waals surface area contributed by atoms with Crippen molar-refractivity contribution in [2.45, 2.75) is 76.0 Å². The van der Waals surface area contributed by atoms with Crippen LogP contribution in [0.25, 0.3) is 6.08 Å². The fourth-order valence-corrected chi connectivity index (χ4v) is 5.17. The minimum Gasteiger partial charge on any atom is -0.482 e. The second-order valence-corrected chi connectivity index (χ2v) is 9.23. The van der Waals surface area contributed by atoms with E-state index in [9.17, 15) is 9.59 Å². The summed E-state index contributed by atoms with van der Waals surface area (Å²) in [6.45, 7) is 0.118. The number of benzene rings is 1. The average molecular weight is 461 g/mol. The summed E-state index contributed by atoms with van der Waals surface area (Å²) in [7, 11) is 0. The molecule has 29 heavy (non-hydrogen) atoms. The van der Waals surface area contributed by atoms with Gasteiger partial charge in [0.1, 0.15) is 12.6 Å². The van der Waals surface area contributed by atoms with Crippen LogP contribution in [-0.2, 0) is 14.3 Å². The predicted molar refractivity (Wildman–Crippen MR) is 116 cm³/mol. The lowest BCUT2D eigenvalue weighted by molar-refractivity contribution is -0.152. The molecule has 2 saturated carbocycles. The van der Waals surface area contributed by atoms with Crippen LogP contribution in [0.3, 0.4) is 0 Å². The van der Waals surface area contributed by atoms with Gasteiger partial charge in [-0.05, 0) is 49.8 Å². The average Bonchev–Trinajstić information content (AvgIpc) is 2.73. The van der Waals surface area contributed by atoms with E-state index in [0.29, 0.717) is 5.76 Å². The maximum absolute atomic E-state index is 13.3. The summed E-state index contributed by atoms with van der Waals surface area (Å²) in [5.74, 6) is 0.116. The summed E-state index contributed by atoms with van der Waals surface area (Å²) < 4.78 is 7.05. The van der Waals surface area contributed by atoms with Gasteiger partial charge in [0.2, 0.25) is 5.91 Å². The van der Waals surface area contributed by atoms with Gasteiger partial charge in [0.05, 0.1) is 6.04 Å². The Labute approximate surface area is 181 Å². The van der Waals surface area contributed by atoms with Gasteiger partial charge in [0, 0.05) is 10.5 Å². The number of fused-ring (bicyclic) bond motifs is 1. The topological polar surface area (TPSA) is 58.6 Å². The minimum atomic E-state index is -0.178. The first-order chi connectivity index (χ1) is 14.1. The zero-order valence-corrected chi connectivity index (χ0v) is 18.3. The molecule has 6 heteroatoms. The Kier molecular flexibility index (Phi) is 6.58. The van der Waals surface area contributed by atoms with E-state index in [-0.39, 0.29) is 36.5 Å². The fraction of sp³-hybridized carbons (Fsp3) is 0.565. The Morgan fingerprint density at radius 3 is 2.62 bits per heavy atom. The zero-order chi connectivity index (χ0) is 20.2. The summed E-state index contributed by atoms with van der Waals surface area (Å²) in [6.07, 6.45) is 11.4. The summed E-state index contributed by atoms with van der Waals surface area (Å²) in [5, 5.41) is 3.16. The first-order valence-electron chi connectivity index (χ1n) is 10.8. The highest BCUT2D eigenvalue weighted by Crippen LogP contribution is 2.33. The molecule has 1 aromatic rings. The Morgan fingerprint density at radius 1 is 1.10 bits per heavy atom. The van der Waals surface area contributed by atoms with Gasteiger partial charge < -0.3 is 15.0 Å². The van der Waals surface area contributed by atoms with Crippen LogP contribution in [0.2, 0.25) is 0 Å². The second kappa shape index (κ2) is 9.33. The molecule has 1 heterocycles. The van der Waals surface area contributed by atoms with Gasteiger partial charge in [0.25, 0.3) is 5.91 Å². The van der Waals surface area contributed by atoms with Crippen molar-refractivity contribution in [3.05, 3.63) is 40.1 Å². The number of morpholine rings is 1. The normalized spacial score (nSPS) is 26.7. The van der Waals surface area contributed by atoms with E-state index in [2.05, 4.69) is 21.2 Å². The maximum atomic E-state index is 13.3. The van der Waals surface area contributed by atoms with E-state index in [4.69, 9.17) is 4.74 Å². The Bertz CT molecular complexity index is 788. The number of carbonyl (C=O) groups is 2. The first kappa shape index (κ1) is 20.5. The van der Waals surface area contributed by atoms with Crippen LogP contribution in [0.4, 0.5) is 0 Å². The molecule has 3 fully saturated rings. The highest BCUT2D eigenvalue weighted by atomic mass is 79.9. The third-order valence-corrected chi connectivity index (χ3v) is 7.02. The first-order valence-corrected chi connectivity index (χ1v) is 11.6. The lowest BCUT2D eigenvalue weighted by atomic mass is 9.89. The number of carbonyl (C=O) groups excluding carboxylic acids is 2. The van der Waals surface area contributed by atoms with Crippen LogP contribution < -0.4 is 5.32 Å². The van der Waals surface area contributed by atoms with Gasteiger partial charge >= 0.3 is 0 Å². The lowest BCUT2D eigenvalue weighted by Crippen LogP contribution is -2.57. The van der Waals surface area contributed by atoms with Gasteiger partial charge in [-0.25, -0.2) is 0 Å². The maximum Gasteiger partial charge on any atom is 0.289 e. The van der Waals surface area contributed by atoms with E-state index in [1.165, 1.54) is 19.3 Å². The van der Waals surface area contributed by atoms with Crippen LogP contribution >= 0.6 is 15.9 Å². The van der Waals surface area contributed by atoms with Crippen molar-refractivity contribution in [1.29, 1.82) is 0 Å². The van der Waals surface area contributed by atoms with E-state index in [1.807, 2.05) is 24.3 Å². The Balaban J connectivity index is 1.52. The third kappa shape index (κ3) is 4.85. The highest BCUT2D eigenvalue weighted by molar-refractivity contribution is 9.10.